The average Bonchev–Trinajstić information content (AvgIpc) is 3.02. The summed E-state index contributed by atoms with van der Waals surface area (Å²) < 4.78 is 31.1. The van der Waals surface area contributed by atoms with Gasteiger partial charge in [-0.15, -0.1) is 0 Å². The second-order valence-corrected chi connectivity index (χ2v) is 9.68. The highest BCUT2D eigenvalue weighted by atomic mass is 127. The van der Waals surface area contributed by atoms with Crippen LogP contribution in [0.25, 0.3) is 0 Å². The van der Waals surface area contributed by atoms with Crippen LogP contribution in [0.4, 0.5) is 0 Å². The Morgan fingerprint density at radius 1 is 0.676 bits per heavy atom. The van der Waals surface area contributed by atoms with E-state index in [1.54, 1.807) is 7.11 Å². The molecule has 0 saturated carbocycles. The molecule has 0 unspecified atom stereocenters. The molecule has 0 bridgehead atoms. The summed E-state index contributed by atoms with van der Waals surface area (Å²) >= 11 is 2.36. The number of methoxy groups -OCH3 is 1. The number of rotatable bonds is 10. The SMILES string of the molecule is CO[C@@H]1OC[C@@H](OCc2ccccc2)[C@H](OCc2ccccc2)[C@@H](OCc2ccccc2)[C@H]1I. The molecule has 4 rings (SSSR count). The molecular weight excluding hydrogens is 543 g/mol. The maximum atomic E-state index is 6.52. The Kier molecular flexibility index (Phi) is 9.91. The van der Waals surface area contributed by atoms with Crippen LogP contribution in [0, 0.1) is 0 Å². The van der Waals surface area contributed by atoms with Gasteiger partial charge < -0.3 is 23.7 Å². The van der Waals surface area contributed by atoms with Crippen molar-refractivity contribution in [3.05, 3.63) is 108 Å². The van der Waals surface area contributed by atoms with E-state index < -0.39 is 6.29 Å². The van der Waals surface area contributed by atoms with Gasteiger partial charge in [0.1, 0.15) is 18.3 Å². The molecule has 1 heterocycles. The lowest BCUT2D eigenvalue weighted by Crippen LogP contribution is -2.47. The van der Waals surface area contributed by atoms with E-state index in [1.807, 2.05) is 54.6 Å². The Bertz CT molecular complexity index is 956. The molecule has 3 aromatic rings. The van der Waals surface area contributed by atoms with Crippen molar-refractivity contribution in [3.63, 3.8) is 0 Å². The van der Waals surface area contributed by atoms with Crippen LogP contribution in [0.15, 0.2) is 91.0 Å². The van der Waals surface area contributed by atoms with Gasteiger partial charge in [0.15, 0.2) is 6.29 Å². The van der Waals surface area contributed by atoms with Gasteiger partial charge in [0.05, 0.1) is 30.4 Å². The maximum absolute atomic E-state index is 6.52. The van der Waals surface area contributed by atoms with Gasteiger partial charge in [-0.05, 0) is 16.7 Å². The second-order valence-electron chi connectivity index (χ2n) is 8.24. The first kappa shape index (κ1) is 25.3. The largest absolute Gasteiger partial charge is 0.369 e. The van der Waals surface area contributed by atoms with Crippen molar-refractivity contribution in [2.45, 2.75) is 48.3 Å². The van der Waals surface area contributed by atoms with Crippen LogP contribution in [-0.4, -0.2) is 42.2 Å². The third-order valence-corrected chi connectivity index (χ3v) is 7.09. The molecule has 5 atom stereocenters. The zero-order valence-corrected chi connectivity index (χ0v) is 21.5. The van der Waals surface area contributed by atoms with Crippen molar-refractivity contribution in [2.24, 2.45) is 0 Å². The van der Waals surface area contributed by atoms with Crippen LogP contribution in [0.2, 0.25) is 0 Å². The minimum atomic E-state index is -0.422. The van der Waals surface area contributed by atoms with Gasteiger partial charge in [0.25, 0.3) is 0 Å². The molecular formula is C28H31IO5. The second kappa shape index (κ2) is 13.3. The minimum Gasteiger partial charge on any atom is -0.369 e. The first-order valence-corrected chi connectivity index (χ1v) is 12.7. The lowest BCUT2D eigenvalue weighted by molar-refractivity contribution is -0.154. The number of hydrogen-bond donors (Lipinski definition) is 0. The molecule has 180 valence electrons. The van der Waals surface area contributed by atoms with E-state index in [-0.39, 0.29) is 22.2 Å². The smallest absolute Gasteiger partial charge is 0.171 e. The van der Waals surface area contributed by atoms with E-state index >= 15 is 0 Å². The van der Waals surface area contributed by atoms with Crippen molar-refractivity contribution in [3.8, 4) is 0 Å². The molecule has 0 aliphatic carbocycles. The Morgan fingerprint density at radius 3 is 1.59 bits per heavy atom. The molecule has 0 amide bonds. The van der Waals surface area contributed by atoms with Gasteiger partial charge in [-0.2, -0.15) is 0 Å². The minimum absolute atomic E-state index is 0.0857. The van der Waals surface area contributed by atoms with E-state index in [0.29, 0.717) is 26.4 Å². The highest BCUT2D eigenvalue weighted by Crippen LogP contribution is 2.30. The summed E-state index contributed by atoms with van der Waals surface area (Å²) in [6.07, 6.45) is -1.37. The molecule has 1 fully saturated rings. The van der Waals surface area contributed by atoms with Crippen LogP contribution in [0.3, 0.4) is 0 Å². The molecule has 1 aliphatic heterocycles. The zero-order valence-electron chi connectivity index (χ0n) is 19.3. The van der Waals surface area contributed by atoms with Crippen LogP contribution in [0.5, 0.6) is 0 Å². The number of halogens is 1. The van der Waals surface area contributed by atoms with Gasteiger partial charge in [0, 0.05) is 7.11 Å². The highest BCUT2D eigenvalue weighted by molar-refractivity contribution is 14.1. The van der Waals surface area contributed by atoms with Crippen LogP contribution >= 0.6 is 22.6 Å². The predicted octanol–water partition coefficient (Wildman–Crippen LogP) is 5.55. The van der Waals surface area contributed by atoms with Gasteiger partial charge in [-0.1, -0.05) is 114 Å². The predicted molar refractivity (Wildman–Crippen MR) is 140 cm³/mol. The Balaban J connectivity index is 1.55. The summed E-state index contributed by atoms with van der Waals surface area (Å²) in [7, 11) is 1.66. The van der Waals surface area contributed by atoms with Crippen LogP contribution in [-0.2, 0) is 43.5 Å². The molecule has 1 aliphatic rings. The van der Waals surface area contributed by atoms with Gasteiger partial charge in [-0.3, -0.25) is 0 Å². The van der Waals surface area contributed by atoms with Gasteiger partial charge in [-0.25, -0.2) is 0 Å². The van der Waals surface area contributed by atoms with Crippen LogP contribution < -0.4 is 0 Å². The molecule has 5 nitrogen and oxygen atoms in total. The van der Waals surface area contributed by atoms with E-state index in [2.05, 4.69) is 59.0 Å². The van der Waals surface area contributed by atoms with Crippen molar-refractivity contribution in [1.29, 1.82) is 0 Å². The van der Waals surface area contributed by atoms with Crippen LogP contribution in [0.1, 0.15) is 16.7 Å². The molecule has 0 radical (unpaired) electrons. The average molecular weight is 574 g/mol. The van der Waals surface area contributed by atoms with E-state index in [1.165, 1.54) is 0 Å². The molecule has 34 heavy (non-hydrogen) atoms. The van der Waals surface area contributed by atoms with Crippen molar-refractivity contribution < 1.29 is 23.7 Å². The number of ether oxygens (including phenoxy) is 5. The summed E-state index contributed by atoms with van der Waals surface area (Å²) in [5.74, 6) is 0. The zero-order chi connectivity index (χ0) is 23.6. The summed E-state index contributed by atoms with van der Waals surface area (Å²) in [5.41, 5.74) is 3.31. The van der Waals surface area contributed by atoms with Crippen molar-refractivity contribution in [2.75, 3.05) is 13.7 Å². The molecule has 6 heteroatoms. The van der Waals surface area contributed by atoms with Crippen molar-refractivity contribution in [1.82, 2.24) is 0 Å². The fourth-order valence-corrected chi connectivity index (χ4v) is 5.08. The number of benzene rings is 3. The lowest BCUT2D eigenvalue weighted by Gasteiger charge is -2.33. The number of hydrogen-bond acceptors (Lipinski definition) is 5. The quantitative estimate of drug-likeness (QED) is 0.235. The molecule has 3 aromatic carbocycles. The van der Waals surface area contributed by atoms with E-state index in [9.17, 15) is 0 Å². The van der Waals surface area contributed by atoms with Crippen molar-refractivity contribution >= 4 is 22.6 Å². The maximum Gasteiger partial charge on any atom is 0.171 e. The van der Waals surface area contributed by atoms with Gasteiger partial charge in [0.2, 0.25) is 0 Å². The third-order valence-electron chi connectivity index (χ3n) is 5.80. The molecule has 0 spiro atoms. The lowest BCUT2D eigenvalue weighted by atomic mass is 10.0. The molecule has 0 aromatic heterocycles. The van der Waals surface area contributed by atoms with E-state index in [0.717, 1.165) is 16.7 Å². The third kappa shape index (κ3) is 7.10. The van der Waals surface area contributed by atoms with Gasteiger partial charge >= 0.3 is 0 Å². The highest BCUT2D eigenvalue weighted by Gasteiger charge is 2.44. The summed E-state index contributed by atoms with van der Waals surface area (Å²) in [4.78, 5) is 0. The van der Waals surface area contributed by atoms with E-state index in [4.69, 9.17) is 23.7 Å². The standard InChI is InChI=1S/C28H31IO5/c1-30-28-25(29)27(33-19-23-15-9-4-10-16-23)26(32-18-22-13-7-3-8-14-22)24(20-34-28)31-17-21-11-5-2-6-12-21/h2-16,24-28H,17-20H2,1H3/t24-,25-,26+,27+,28-/m1/s1. The summed E-state index contributed by atoms with van der Waals surface area (Å²) in [6, 6.07) is 30.5. The molecule has 1 saturated heterocycles. The molecule has 0 N–H and O–H groups in total. The summed E-state index contributed by atoms with van der Waals surface area (Å²) in [6.45, 7) is 1.76. The fourth-order valence-electron chi connectivity index (χ4n) is 3.96. The summed E-state index contributed by atoms with van der Waals surface area (Å²) in [5, 5.41) is 0. The number of alkyl halides is 1. The monoisotopic (exact) mass is 574 g/mol. The fraction of sp³-hybridized carbons (Fsp3) is 0.357. The first-order valence-electron chi connectivity index (χ1n) is 11.5. The Hall–Kier alpha value is -1.81. The topological polar surface area (TPSA) is 46.2 Å². The normalized spacial score (nSPS) is 25.1. The first-order chi connectivity index (χ1) is 16.7. The Morgan fingerprint density at radius 2 is 1.12 bits per heavy atom. The Labute approximate surface area is 215 Å².